The lowest BCUT2D eigenvalue weighted by molar-refractivity contribution is 0.499. The van der Waals surface area contributed by atoms with Gasteiger partial charge in [-0.05, 0) is 36.4 Å². The van der Waals surface area contributed by atoms with Crippen LogP contribution in [0.3, 0.4) is 0 Å². The van der Waals surface area contributed by atoms with E-state index < -0.39 is 42.2 Å². The third-order valence-corrected chi connectivity index (χ3v) is 7.99. The van der Waals surface area contributed by atoms with E-state index in [-0.39, 0.29) is 20.6 Å². The number of nitriles is 1. The third kappa shape index (κ3) is 3.34. The van der Waals surface area contributed by atoms with E-state index >= 15 is 0 Å². The van der Waals surface area contributed by atoms with E-state index in [0.717, 1.165) is 24.3 Å². The molecule has 8 nitrogen and oxygen atoms in total. The first kappa shape index (κ1) is 19.6. The Balaban J connectivity index is 2.62. The molecule has 26 heavy (non-hydrogen) atoms. The minimum atomic E-state index is -4.75. The van der Waals surface area contributed by atoms with Crippen LogP contribution >= 0.6 is 0 Å². The second kappa shape index (κ2) is 6.91. The monoisotopic (exact) mass is 398 g/mol. The van der Waals surface area contributed by atoms with E-state index in [1.165, 1.54) is 13.0 Å². The molecule has 4 N–H and O–H groups in total. The molecule has 2 aromatic rings. The number of sulfonamides is 2. The molecule has 0 bridgehead atoms. The van der Waals surface area contributed by atoms with Gasteiger partial charge in [-0.25, -0.2) is 21.2 Å². The second-order valence-corrected chi connectivity index (χ2v) is 9.07. The van der Waals surface area contributed by atoms with Gasteiger partial charge in [-0.15, -0.1) is 0 Å². The summed E-state index contributed by atoms with van der Waals surface area (Å²) < 4.78 is 65.3. The van der Waals surface area contributed by atoms with E-state index in [2.05, 4.69) is 0 Å². The zero-order chi connectivity index (χ0) is 19.7. The zero-order valence-corrected chi connectivity index (χ0v) is 15.2. The number of rotatable bonds is 5. The average Bonchev–Trinajstić information content (AvgIpc) is 2.56. The molecular formula is C15H15FN4O4S2. The van der Waals surface area contributed by atoms with Crippen molar-refractivity contribution in [3.8, 4) is 6.07 Å². The molecule has 0 fully saturated rings. The van der Waals surface area contributed by atoms with Crippen molar-refractivity contribution in [3.05, 3.63) is 47.8 Å². The van der Waals surface area contributed by atoms with Crippen molar-refractivity contribution in [1.82, 2.24) is 3.71 Å². The van der Waals surface area contributed by atoms with Gasteiger partial charge < -0.3 is 11.5 Å². The summed E-state index contributed by atoms with van der Waals surface area (Å²) in [6, 6.07) is 7.67. The normalized spacial score (nSPS) is 12.1. The van der Waals surface area contributed by atoms with E-state index in [1.807, 2.05) is 0 Å². The van der Waals surface area contributed by atoms with Crippen LogP contribution in [0.4, 0.5) is 15.8 Å². The van der Waals surface area contributed by atoms with Crippen LogP contribution < -0.4 is 11.5 Å². The quantitative estimate of drug-likeness (QED) is 0.720. The largest absolute Gasteiger partial charge is 0.397 e. The van der Waals surface area contributed by atoms with Crippen molar-refractivity contribution < 1.29 is 21.2 Å². The number of hydrogen-bond donors (Lipinski definition) is 2. The van der Waals surface area contributed by atoms with Gasteiger partial charge in [0.15, 0.2) is 0 Å². The second-order valence-electron chi connectivity index (χ2n) is 5.15. The molecule has 0 unspecified atom stereocenters. The molecule has 0 heterocycles. The van der Waals surface area contributed by atoms with Crippen LogP contribution in [-0.2, 0) is 20.0 Å². The van der Waals surface area contributed by atoms with Crippen molar-refractivity contribution in [2.24, 2.45) is 0 Å². The Morgan fingerprint density at radius 2 is 1.69 bits per heavy atom. The first-order chi connectivity index (χ1) is 12.1. The zero-order valence-electron chi connectivity index (χ0n) is 13.5. The van der Waals surface area contributed by atoms with Crippen molar-refractivity contribution in [2.75, 3.05) is 18.0 Å². The van der Waals surface area contributed by atoms with Gasteiger partial charge in [-0.2, -0.15) is 5.26 Å². The van der Waals surface area contributed by atoms with Crippen molar-refractivity contribution in [3.63, 3.8) is 0 Å². The number of hydrogen-bond acceptors (Lipinski definition) is 7. The molecule has 0 radical (unpaired) electrons. The molecule has 0 aliphatic carbocycles. The molecule has 0 saturated heterocycles. The highest BCUT2D eigenvalue weighted by atomic mass is 32.3. The average molecular weight is 398 g/mol. The van der Waals surface area contributed by atoms with Gasteiger partial charge in [0, 0.05) is 6.54 Å². The number of nitrogens with zero attached hydrogens (tertiary/aromatic N) is 2. The molecule has 11 heteroatoms. The van der Waals surface area contributed by atoms with Crippen LogP contribution in [0, 0.1) is 17.1 Å². The van der Waals surface area contributed by atoms with Crippen LogP contribution in [0.5, 0.6) is 0 Å². The lowest BCUT2D eigenvalue weighted by Crippen LogP contribution is -2.37. The van der Waals surface area contributed by atoms with Gasteiger partial charge in [0.25, 0.3) is 20.0 Å². The van der Waals surface area contributed by atoms with E-state index in [9.17, 15) is 21.2 Å². The maximum atomic E-state index is 14.1. The molecule has 0 saturated carbocycles. The number of halogens is 1. The summed E-state index contributed by atoms with van der Waals surface area (Å²) in [4.78, 5) is -1.26. The highest BCUT2D eigenvalue weighted by Gasteiger charge is 2.37. The number of benzene rings is 2. The topological polar surface area (TPSA) is 147 Å². The minimum absolute atomic E-state index is 0.0379. The van der Waals surface area contributed by atoms with Crippen LogP contribution in [0.25, 0.3) is 0 Å². The van der Waals surface area contributed by atoms with Crippen LogP contribution in [0.15, 0.2) is 46.2 Å². The Bertz CT molecular complexity index is 1110. The summed E-state index contributed by atoms with van der Waals surface area (Å²) in [5.41, 5.74) is 11.1. The van der Waals surface area contributed by atoms with E-state index in [1.54, 1.807) is 6.07 Å². The van der Waals surface area contributed by atoms with Gasteiger partial charge in [0.2, 0.25) is 0 Å². The molecule has 2 rings (SSSR count). The standard InChI is InChI=1S/C15H15FN4O4S2/c1-2-20(25(21,22)11-4-5-13(18)14(19)8-11)26(23,24)15-6-3-10(9-17)7-12(15)16/h3-8H,2,18-19H2,1H3. The Kier molecular flexibility index (Phi) is 5.22. The lowest BCUT2D eigenvalue weighted by Gasteiger charge is -2.21. The molecule has 0 amide bonds. The van der Waals surface area contributed by atoms with Crippen LogP contribution in [0.1, 0.15) is 12.5 Å². The molecule has 2 aromatic carbocycles. The molecule has 0 aliphatic rings. The maximum absolute atomic E-state index is 14.1. The Morgan fingerprint density at radius 1 is 1.04 bits per heavy atom. The maximum Gasteiger partial charge on any atom is 0.259 e. The van der Waals surface area contributed by atoms with Gasteiger partial charge in [-0.3, -0.25) is 0 Å². The molecule has 138 valence electrons. The number of anilines is 2. The minimum Gasteiger partial charge on any atom is -0.397 e. The van der Waals surface area contributed by atoms with Crippen molar-refractivity contribution in [2.45, 2.75) is 16.7 Å². The summed E-state index contributed by atoms with van der Waals surface area (Å²) >= 11 is 0. The molecule has 0 atom stereocenters. The molecule has 0 spiro atoms. The summed E-state index contributed by atoms with van der Waals surface area (Å²) in [6.45, 7) is 0.811. The van der Waals surface area contributed by atoms with Crippen molar-refractivity contribution in [1.29, 1.82) is 5.26 Å². The van der Waals surface area contributed by atoms with Crippen LogP contribution in [-0.4, -0.2) is 27.1 Å². The molecular weight excluding hydrogens is 383 g/mol. The Hall–Kier alpha value is -2.68. The predicted molar refractivity (Wildman–Crippen MR) is 93.1 cm³/mol. The van der Waals surface area contributed by atoms with Gasteiger partial charge in [0.05, 0.1) is 27.9 Å². The highest BCUT2D eigenvalue weighted by molar-refractivity contribution is 8.04. The van der Waals surface area contributed by atoms with Crippen LogP contribution in [0.2, 0.25) is 0 Å². The van der Waals surface area contributed by atoms with E-state index in [0.29, 0.717) is 6.07 Å². The summed E-state index contributed by atoms with van der Waals surface area (Å²) in [5.74, 6) is -1.23. The summed E-state index contributed by atoms with van der Waals surface area (Å²) in [6.07, 6.45) is 0. The molecule has 0 aromatic heterocycles. The number of nitrogens with two attached hydrogens (primary N) is 2. The lowest BCUT2D eigenvalue weighted by atomic mass is 10.2. The van der Waals surface area contributed by atoms with Gasteiger partial charge >= 0.3 is 0 Å². The van der Waals surface area contributed by atoms with Crippen molar-refractivity contribution >= 4 is 31.4 Å². The number of nitrogen functional groups attached to an aromatic ring is 2. The SMILES string of the molecule is CCN(S(=O)(=O)c1ccc(N)c(N)c1)S(=O)(=O)c1ccc(C#N)cc1F. The third-order valence-electron chi connectivity index (χ3n) is 3.49. The summed E-state index contributed by atoms with van der Waals surface area (Å²) in [5, 5.41) is 8.74. The fourth-order valence-electron chi connectivity index (χ4n) is 2.19. The molecule has 0 aliphatic heterocycles. The smallest absolute Gasteiger partial charge is 0.259 e. The summed E-state index contributed by atoms with van der Waals surface area (Å²) in [7, 11) is -9.30. The predicted octanol–water partition coefficient (Wildman–Crippen LogP) is 1.26. The van der Waals surface area contributed by atoms with Gasteiger partial charge in [-0.1, -0.05) is 10.6 Å². The first-order valence-corrected chi connectivity index (χ1v) is 10.1. The Morgan fingerprint density at radius 3 is 2.19 bits per heavy atom. The highest BCUT2D eigenvalue weighted by Crippen LogP contribution is 2.28. The Labute approximate surface area is 150 Å². The van der Waals surface area contributed by atoms with Gasteiger partial charge in [0.1, 0.15) is 10.7 Å². The fraction of sp³-hybridized carbons (Fsp3) is 0.133. The fourth-order valence-corrected chi connectivity index (χ4v) is 5.92. The van der Waals surface area contributed by atoms with E-state index in [4.69, 9.17) is 16.7 Å². The first-order valence-electron chi connectivity index (χ1n) is 7.18.